The Bertz CT molecular complexity index is 706. The van der Waals surface area contributed by atoms with Gasteiger partial charge in [0.1, 0.15) is 6.54 Å². The predicted molar refractivity (Wildman–Crippen MR) is 77.2 cm³/mol. The molecule has 0 bridgehead atoms. The number of aromatic nitrogens is 3. The van der Waals surface area contributed by atoms with Crippen LogP contribution in [0.15, 0.2) is 12.3 Å². The number of likely N-dealkylation sites (N-methyl/N-ethyl adjacent to an activating group) is 1. The average Bonchev–Trinajstić information content (AvgIpc) is 2.78. The lowest BCUT2D eigenvalue weighted by atomic mass is 10.1. The largest absolute Gasteiger partial charge is 0.480 e. The third kappa shape index (κ3) is 2.86. The van der Waals surface area contributed by atoms with Gasteiger partial charge in [-0.05, 0) is 26.8 Å². The number of carbonyl (C=O) groups excluding carboxylic acids is 1. The van der Waals surface area contributed by atoms with Crippen molar-refractivity contribution < 1.29 is 14.7 Å². The maximum Gasteiger partial charge on any atom is 0.323 e. The van der Waals surface area contributed by atoms with Crippen molar-refractivity contribution in [3.05, 3.63) is 23.5 Å². The molecule has 112 valence electrons. The van der Waals surface area contributed by atoms with Gasteiger partial charge < -0.3 is 10.0 Å². The summed E-state index contributed by atoms with van der Waals surface area (Å²) in [7, 11) is 1.46. The van der Waals surface area contributed by atoms with Crippen LogP contribution < -0.4 is 0 Å². The molecule has 7 heteroatoms. The summed E-state index contributed by atoms with van der Waals surface area (Å²) in [5, 5.41) is 13.8. The lowest BCUT2D eigenvalue weighted by Gasteiger charge is -2.16. The lowest BCUT2D eigenvalue weighted by molar-refractivity contribution is -0.137. The van der Waals surface area contributed by atoms with Gasteiger partial charge in [-0.3, -0.25) is 9.59 Å². The molecule has 0 aliphatic carbocycles. The molecule has 0 saturated carbocycles. The Kier molecular flexibility index (Phi) is 3.93. The Balaban J connectivity index is 2.44. The quantitative estimate of drug-likeness (QED) is 0.921. The van der Waals surface area contributed by atoms with Crippen LogP contribution in [0.25, 0.3) is 11.0 Å². The van der Waals surface area contributed by atoms with E-state index in [2.05, 4.69) is 10.1 Å². The van der Waals surface area contributed by atoms with Gasteiger partial charge in [-0.1, -0.05) is 0 Å². The maximum atomic E-state index is 12.3. The van der Waals surface area contributed by atoms with Crippen LogP contribution in [-0.4, -0.2) is 50.2 Å². The molecule has 0 radical (unpaired) electrons. The minimum atomic E-state index is -1.05. The molecule has 21 heavy (non-hydrogen) atoms. The molecule has 0 spiro atoms. The van der Waals surface area contributed by atoms with Gasteiger partial charge in [-0.15, -0.1) is 0 Å². The highest BCUT2D eigenvalue weighted by Gasteiger charge is 2.19. The van der Waals surface area contributed by atoms with Gasteiger partial charge in [0.15, 0.2) is 5.65 Å². The lowest BCUT2D eigenvalue weighted by Crippen LogP contribution is -2.32. The van der Waals surface area contributed by atoms with E-state index in [1.165, 1.54) is 7.05 Å². The van der Waals surface area contributed by atoms with E-state index in [1.54, 1.807) is 23.9 Å². The number of carboxylic acids is 1. The van der Waals surface area contributed by atoms with Crippen LogP contribution in [0.2, 0.25) is 0 Å². The fraction of sp³-hybridized carbons (Fsp3) is 0.429. The van der Waals surface area contributed by atoms with E-state index in [1.807, 2.05) is 13.8 Å². The Morgan fingerprint density at radius 2 is 2.10 bits per heavy atom. The number of nitrogens with zero attached hydrogens (tertiary/aromatic N) is 4. The topological polar surface area (TPSA) is 88.3 Å². The predicted octanol–water partition coefficient (Wildman–Crippen LogP) is 1.48. The van der Waals surface area contributed by atoms with E-state index in [-0.39, 0.29) is 18.5 Å². The van der Waals surface area contributed by atoms with Crippen LogP contribution in [0, 0.1) is 6.92 Å². The molecule has 0 unspecified atom stereocenters. The van der Waals surface area contributed by atoms with Crippen LogP contribution in [0.5, 0.6) is 0 Å². The second kappa shape index (κ2) is 5.51. The fourth-order valence-electron chi connectivity index (χ4n) is 2.14. The van der Waals surface area contributed by atoms with Gasteiger partial charge in [0.2, 0.25) is 0 Å². The third-order valence-electron chi connectivity index (χ3n) is 3.20. The SMILES string of the molecule is Cc1nc2c(cnn2C(C)C)cc1C(=O)N(C)CC(=O)O. The van der Waals surface area contributed by atoms with E-state index < -0.39 is 5.97 Å². The smallest absolute Gasteiger partial charge is 0.323 e. The summed E-state index contributed by atoms with van der Waals surface area (Å²) in [4.78, 5) is 28.6. The van der Waals surface area contributed by atoms with Crippen molar-refractivity contribution in [2.45, 2.75) is 26.8 Å². The van der Waals surface area contributed by atoms with Gasteiger partial charge in [0.25, 0.3) is 5.91 Å². The molecule has 1 amide bonds. The zero-order valence-corrected chi connectivity index (χ0v) is 12.5. The number of pyridine rings is 1. The molecular weight excluding hydrogens is 272 g/mol. The molecule has 2 rings (SSSR count). The number of fused-ring (bicyclic) bond motifs is 1. The van der Waals surface area contributed by atoms with Crippen LogP contribution >= 0.6 is 0 Å². The molecule has 2 heterocycles. The van der Waals surface area contributed by atoms with Crippen LogP contribution in [0.3, 0.4) is 0 Å². The molecule has 0 saturated heterocycles. The number of carboxylic acid groups (broad SMARTS) is 1. The number of amides is 1. The Morgan fingerprint density at radius 3 is 2.67 bits per heavy atom. The highest BCUT2D eigenvalue weighted by molar-refractivity contribution is 5.99. The highest BCUT2D eigenvalue weighted by atomic mass is 16.4. The summed E-state index contributed by atoms with van der Waals surface area (Å²) >= 11 is 0. The zero-order chi connectivity index (χ0) is 15.7. The normalized spacial score (nSPS) is 11.1. The van der Waals surface area contributed by atoms with Crippen molar-refractivity contribution in [3.63, 3.8) is 0 Å². The number of aryl methyl sites for hydroxylation is 1. The minimum absolute atomic E-state index is 0.172. The first-order chi connectivity index (χ1) is 9.81. The fourth-order valence-corrected chi connectivity index (χ4v) is 2.14. The maximum absolute atomic E-state index is 12.3. The standard InChI is InChI=1S/C14H18N4O3/c1-8(2)18-13-10(6-15-18)5-11(9(3)16-13)14(21)17(4)7-12(19)20/h5-6,8H,7H2,1-4H3,(H,19,20). The molecule has 0 atom stereocenters. The number of carbonyl (C=O) groups is 2. The molecule has 0 aliphatic rings. The number of hydrogen-bond donors (Lipinski definition) is 1. The molecule has 2 aromatic rings. The Hall–Kier alpha value is -2.44. The molecular formula is C14H18N4O3. The van der Waals surface area contributed by atoms with Gasteiger partial charge in [-0.2, -0.15) is 5.10 Å². The summed E-state index contributed by atoms with van der Waals surface area (Å²) in [5.41, 5.74) is 1.68. The molecule has 0 aliphatic heterocycles. The summed E-state index contributed by atoms with van der Waals surface area (Å²) < 4.78 is 1.79. The van der Waals surface area contributed by atoms with Crippen LogP contribution in [0.4, 0.5) is 0 Å². The van der Waals surface area contributed by atoms with Crippen molar-refractivity contribution >= 4 is 22.9 Å². The molecule has 7 nitrogen and oxygen atoms in total. The van der Waals surface area contributed by atoms with Gasteiger partial charge in [0.05, 0.1) is 17.5 Å². The summed E-state index contributed by atoms with van der Waals surface area (Å²) in [6, 6.07) is 1.88. The van der Waals surface area contributed by atoms with Crippen LogP contribution in [-0.2, 0) is 4.79 Å². The summed E-state index contributed by atoms with van der Waals surface area (Å²) in [5.74, 6) is -1.41. The van der Waals surface area contributed by atoms with Crippen molar-refractivity contribution in [1.82, 2.24) is 19.7 Å². The average molecular weight is 290 g/mol. The van der Waals surface area contributed by atoms with Crippen LogP contribution in [0.1, 0.15) is 35.9 Å². The first-order valence-electron chi connectivity index (χ1n) is 6.63. The van der Waals surface area contributed by atoms with E-state index in [9.17, 15) is 9.59 Å². The van der Waals surface area contributed by atoms with Gasteiger partial charge in [0, 0.05) is 18.5 Å². The second-order valence-corrected chi connectivity index (χ2v) is 5.27. The summed E-state index contributed by atoms with van der Waals surface area (Å²) in [6.07, 6.45) is 1.66. The minimum Gasteiger partial charge on any atom is -0.480 e. The van der Waals surface area contributed by atoms with E-state index in [0.717, 1.165) is 15.9 Å². The Morgan fingerprint density at radius 1 is 1.43 bits per heavy atom. The molecule has 1 N–H and O–H groups in total. The first kappa shape index (κ1) is 15.0. The van der Waals surface area contributed by atoms with Gasteiger partial charge in [-0.25, -0.2) is 9.67 Å². The zero-order valence-electron chi connectivity index (χ0n) is 12.5. The number of rotatable bonds is 4. The third-order valence-corrected chi connectivity index (χ3v) is 3.20. The summed E-state index contributed by atoms with van der Waals surface area (Å²) in [6.45, 7) is 5.40. The first-order valence-corrected chi connectivity index (χ1v) is 6.63. The van der Waals surface area contributed by atoms with Crippen molar-refractivity contribution in [2.75, 3.05) is 13.6 Å². The number of hydrogen-bond acceptors (Lipinski definition) is 4. The van der Waals surface area contributed by atoms with E-state index in [0.29, 0.717) is 11.3 Å². The Labute approximate surface area is 122 Å². The van der Waals surface area contributed by atoms with Crippen molar-refractivity contribution in [3.8, 4) is 0 Å². The van der Waals surface area contributed by atoms with Gasteiger partial charge >= 0.3 is 5.97 Å². The monoisotopic (exact) mass is 290 g/mol. The molecule has 0 aromatic carbocycles. The van der Waals surface area contributed by atoms with Crippen molar-refractivity contribution in [2.24, 2.45) is 0 Å². The van der Waals surface area contributed by atoms with E-state index >= 15 is 0 Å². The molecule has 0 fully saturated rings. The van der Waals surface area contributed by atoms with E-state index in [4.69, 9.17) is 5.11 Å². The second-order valence-electron chi connectivity index (χ2n) is 5.27. The molecule has 2 aromatic heterocycles. The van der Waals surface area contributed by atoms with Crippen molar-refractivity contribution in [1.29, 1.82) is 0 Å². The highest BCUT2D eigenvalue weighted by Crippen LogP contribution is 2.20. The number of aliphatic carboxylic acids is 1.